The van der Waals surface area contributed by atoms with E-state index in [0.717, 1.165) is 24.4 Å². The Morgan fingerprint density at radius 1 is 1.33 bits per heavy atom. The molecule has 0 fully saturated rings. The van der Waals surface area contributed by atoms with E-state index in [-0.39, 0.29) is 6.04 Å². The third kappa shape index (κ3) is 3.54. The predicted molar refractivity (Wildman–Crippen MR) is 86.9 cm³/mol. The smallest absolute Gasteiger partial charge is 0.151 e. The number of imidazole rings is 1. The molecule has 2 aromatic heterocycles. The Bertz CT molecular complexity index is 577. The minimum Gasteiger partial charge on any atom is -0.383 e. The lowest BCUT2D eigenvalue weighted by Crippen LogP contribution is -2.35. The number of nitrogens with two attached hydrogens (primary N) is 1. The van der Waals surface area contributed by atoms with Crippen LogP contribution in [0.5, 0.6) is 0 Å². The summed E-state index contributed by atoms with van der Waals surface area (Å²) in [6, 6.07) is 6.52. The van der Waals surface area contributed by atoms with Crippen molar-refractivity contribution in [2.45, 2.75) is 39.3 Å². The number of fused-ring (bicyclic) bond motifs is 1. The molecule has 0 spiro atoms. The van der Waals surface area contributed by atoms with Crippen molar-refractivity contribution in [3.05, 3.63) is 30.1 Å². The maximum absolute atomic E-state index is 6.04. The van der Waals surface area contributed by atoms with Crippen molar-refractivity contribution in [3.8, 4) is 0 Å². The fourth-order valence-corrected chi connectivity index (χ4v) is 2.56. The highest BCUT2D eigenvalue weighted by molar-refractivity contribution is 5.56. The average molecular weight is 290 g/mol. The van der Waals surface area contributed by atoms with Gasteiger partial charge in [0, 0.05) is 38.4 Å². The van der Waals surface area contributed by atoms with Crippen LogP contribution in [-0.4, -0.2) is 41.7 Å². The molecule has 0 saturated carbocycles. The van der Waals surface area contributed by atoms with Crippen LogP contribution in [0, 0.1) is 0 Å². The van der Waals surface area contributed by atoms with E-state index in [1.165, 1.54) is 5.69 Å². The summed E-state index contributed by atoms with van der Waals surface area (Å²) < 4.78 is 7.38. The minimum absolute atomic E-state index is 0.0975. The van der Waals surface area contributed by atoms with Gasteiger partial charge in [0.2, 0.25) is 0 Å². The molecule has 1 atom stereocenters. The molecule has 0 bridgehead atoms. The van der Waals surface area contributed by atoms with Crippen molar-refractivity contribution in [1.29, 1.82) is 0 Å². The average Bonchev–Trinajstić information content (AvgIpc) is 2.77. The van der Waals surface area contributed by atoms with Gasteiger partial charge in [-0.2, -0.15) is 0 Å². The topological polar surface area (TPSA) is 55.8 Å². The number of hydrogen-bond donors (Lipinski definition) is 1. The van der Waals surface area contributed by atoms with Crippen molar-refractivity contribution >= 4 is 11.5 Å². The molecule has 0 saturated heterocycles. The first-order valence-electron chi connectivity index (χ1n) is 7.51. The number of aromatic nitrogens is 2. The Morgan fingerprint density at radius 2 is 2.10 bits per heavy atom. The molecule has 5 heteroatoms. The normalized spacial score (nSPS) is 13.0. The lowest BCUT2D eigenvalue weighted by molar-refractivity contribution is 0.203. The Hall–Kier alpha value is -1.59. The first-order chi connectivity index (χ1) is 10.0. The van der Waals surface area contributed by atoms with Gasteiger partial charge in [-0.1, -0.05) is 6.07 Å². The minimum atomic E-state index is 0.0975. The first kappa shape index (κ1) is 15.8. The first-order valence-corrected chi connectivity index (χ1v) is 7.51. The summed E-state index contributed by atoms with van der Waals surface area (Å²) >= 11 is 0. The second-order valence-electron chi connectivity index (χ2n) is 5.77. The highest BCUT2D eigenvalue weighted by atomic mass is 16.5. The van der Waals surface area contributed by atoms with Crippen LogP contribution in [-0.2, 0) is 11.2 Å². The van der Waals surface area contributed by atoms with Gasteiger partial charge in [0.05, 0.1) is 12.3 Å². The molecular formula is C16H26N4O. The van der Waals surface area contributed by atoms with Crippen molar-refractivity contribution < 1.29 is 4.74 Å². The second kappa shape index (κ2) is 6.91. The molecule has 0 aliphatic carbocycles. The highest BCUT2D eigenvalue weighted by Gasteiger charge is 2.20. The summed E-state index contributed by atoms with van der Waals surface area (Å²) in [5.74, 6) is 1.02. The van der Waals surface area contributed by atoms with Gasteiger partial charge in [0.1, 0.15) is 5.65 Å². The Labute approximate surface area is 126 Å². The number of hydrogen-bond acceptors (Lipinski definition) is 4. The SMILES string of the molecule is COCCN(c1nc2ccccn2c1CC(C)N)C(C)C. The molecule has 0 aliphatic heterocycles. The lowest BCUT2D eigenvalue weighted by atomic mass is 10.1. The number of rotatable bonds is 7. The van der Waals surface area contributed by atoms with E-state index >= 15 is 0 Å². The van der Waals surface area contributed by atoms with Crippen LogP contribution in [0.1, 0.15) is 26.5 Å². The number of pyridine rings is 1. The highest BCUT2D eigenvalue weighted by Crippen LogP contribution is 2.24. The van der Waals surface area contributed by atoms with Crippen LogP contribution in [0.4, 0.5) is 5.82 Å². The fraction of sp³-hybridized carbons (Fsp3) is 0.562. The molecular weight excluding hydrogens is 264 g/mol. The van der Waals surface area contributed by atoms with E-state index in [0.29, 0.717) is 12.6 Å². The quantitative estimate of drug-likeness (QED) is 0.848. The molecule has 2 rings (SSSR count). The Morgan fingerprint density at radius 3 is 2.71 bits per heavy atom. The molecule has 2 aromatic rings. The molecule has 116 valence electrons. The van der Waals surface area contributed by atoms with E-state index in [1.807, 2.05) is 25.1 Å². The van der Waals surface area contributed by atoms with Gasteiger partial charge in [-0.3, -0.25) is 0 Å². The number of methoxy groups -OCH3 is 1. The van der Waals surface area contributed by atoms with Crippen molar-refractivity contribution in [1.82, 2.24) is 9.38 Å². The third-order valence-corrected chi connectivity index (χ3v) is 3.55. The van der Waals surface area contributed by atoms with Crippen LogP contribution >= 0.6 is 0 Å². The van der Waals surface area contributed by atoms with Gasteiger partial charge in [0.15, 0.2) is 5.82 Å². The number of anilines is 1. The summed E-state index contributed by atoms with van der Waals surface area (Å²) in [4.78, 5) is 7.10. The van der Waals surface area contributed by atoms with E-state index in [4.69, 9.17) is 15.5 Å². The molecule has 0 aliphatic rings. The second-order valence-corrected chi connectivity index (χ2v) is 5.77. The summed E-state index contributed by atoms with van der Waals surface area (Å²) in [6.45, 7) is 7.89. The maximum Gasteiger partial charge on any atom is 0.151 e. The van der Waals surface area contributed by atoms with Gasteiger partial charge >= 0.3 is 0 Å². The summed E-state index contributed by atoms with van der Waals surface area (Å²) in [6.07, 6.45) is 2.86. The van der Waals surface area contributed by atoms with Gasteiger partial charge in [-0.05, 0) is 32.9 Å². The Balaban J connectivity index is 2.48. The third-order valence-electron chi connectivity index (χ3n) is 3.55. The van der Waals surface area contributed by atoms with Gasteiger partial charge in [0.25, 0.3) is 0 Å². The molecule has 1 unspecified atom stereocenters. The number of ether oxygens (including phenoxy) is 1. The van der Waals surface area contributed by atoms with Crippen LogP contribution in [0.3, 0.4) is 0 Å². The summed E-state index contributed by atoms with van der Waals surface area (Å²) in [5, 5.41) is 0. The van der Waals surface area contributed by atoms with Crippen LogP contribution in [0.15, 0.2) is 24.4 Å². The molecule has 2 heterocycles. The summed E-state index contributed by atoms with van der Waals surface area (Å²) in [7, 11) is 1.73. The van der Waals surface area contributed by atoms with E-state index in [1.54, 1.807) is 7.11 Å². The van der Waals surface area contributed by atoms with Crippen molar-refractivity contribution in [2.75, 3.05) is 25.2 Å². The Kier molecular flexibility index (Phi) is 5.20. The molecule has 0 radical (unpaired) electrons. The fourth-order valence-electron chi connectivity index (χ4n) is 2.56. The van der Waals surface area contributed by atoms with E-state index < -0.39 is 0 Å². The van der Waals surface area contributed by atoms with E-state index in [2.05, 4.69) is 29.3 Å². The lowest BCUT2D eigenvalue weighted by Gasteiger charge is -2.28. The number of nitrogens with zero attached hydrogens (tertiary/aromatic N) is 3. The van der Waals surface area contributed by atoms with Crippen molar-refractivity contribution in [3.63, 3.8) is 0 Å². The maximum atomic E-state index is 6.04. The zero-order chi connectivity index (χ0) is 15.4. The molecule has 0 amide bonds. The predicted octanol–water partition coefficient (Wildman–Crippen LogP) is 2.09. The van der Waals surface area contributed by atoms with Crippen LogP contribution in [0.25, 0.3) is 5.65 Å². The molecule has 21 heavy (non-hydrogen) atoms. The monoisotopic (exact) mass is 290 g/mol. The molecule has 0 aromatic carbocycles. The zero-order valence-electron chi connectivity index (χ0n) is 13.4. The van der Waals surface area contributed by atoms with Gasteiger partial charge < -0.3 is 19.8 Å². The van der Waals surface area contributed by atoms with Crippen molar-refractivity contribution in [2.24, 2.45) is 5.73 Å². The van der Waals surface area contributed by atoms with Gasteiger partial charge in [-0.25, -0.2) is 4.98 Å². The van der Waals surface area contributed by atoms with E-state index in [9.17, 15) is 0 Å². The van der Waals surface area contributed by atoms with Crippen LogP contribution in [0.2, 0.25) is 0 Å². The zero-order valence-corrected chi connectivity index (χ0v) is 13.4. The van der Waals surface area contributed by atoms with Crippen LogP contribution < -0.4 is 10.6 Å². The standard InChI is InChI=1S/C16H26N4O/c1-12(2)19(9-10-21-4)16-14(11-13(3)17)20-8-6-5-7-15(20)18-16/h5-8,12-13H,9-11,17H2,1-4H3. The largest absolute Gasteiger partial charge is 0.383 e. The summed E-state index contributed by atoms with van der Waals surface area (Å²) in [5.41, 5.74) is 8.17. The molecule has 2 N–H and O–H groups in total. The molecule has 5 nitrogen and oxygen atoms in total. The van der Waals surface area contributed by atoms with Gasteiger partial charge in [-0.15, -0.1) is 0 Å².